The van der Waals surface area contributed by atoms with Gasteiger partial charge in [0.05, 0.1) is 10.5 Å². The van der Waals surface area contributed by atoms with Crippen molar-refractivity contribution in [1.82, 2.24) is 4.90 Å². The van der Waals surface area contributed by atoms with Crippen LogP contribution in [0.5, 0.6) is 0 Å². The zero-order chi connectivity index (χ0) is 25.1. The summed E-state index contributed by atoms with van der Waals surface area (Å²) in [7, 11) is -3.76. The van der Waals surface area contributed by atoms with Gasteiger partial charge in [0.2, 0.25) is 0 Å². The number of alkyl halides is 3. The first-order valence-corrected chi connectivity index (χ1v) is 12.2. The molecule has 0 aliphatic carbocycles. The average molecular weight is 497 g/mol. The first-order valence-electron chi connectivity index (χ1n) is 10.7. The third-order valence-corrected chi connectivity index (χ3v) is 6.94. The summed E-state index contributed by atoms with van der Waals surface area (Å²) >= 11 is 0. The molecule has 1 unspecified atom stereocenters. The van der Waals surface area contributed by atoms with Gasteiger partial charge in [0, 0.05) is 18.8 Å². The number of hydrogen-bond donors (Lipinski definition) is 3. The smallest absolute Gasteiger partial charge is 0.382 e. The van der Waals surface area contributed by atoms with Gasteiger partial charge in [-0.3, -0.25) is 9.62 Å². The van der Waals surface area contributed by atoms with Crippen LogP contribution < -0.4 is 4.72 Å². The van der Waals surface area contributed by atoms with E-state index in [0.29, 0.717) is 17.7 Å². The Balaban J connectivity index is 1.67. The van der Waals surface area contributed by atoms with Crippen LogP contribution in [0, 0.1) is 0 Å². The normalized spacial score (nSPS) is 18.0. The van der Waals surface area contributed by atoms with E-state index in [9.17, 15) is 31.8 Å². The van der Waals surface area contributed by atoms with Crippen LogP contribution in [0.4, 0.5) is 18.9 Å². The molecule has 0 bridgehead atoms. The number of hydrogen-bond acceptors (Lipinski definition) is 5. The van der Waals surface area contributed by atoms with E-state index in [4.69, 9.17) is 0 Å². The molecule has 3 rings (SSSR count). The molecule has 1 aliphatic heterocycles. The first kappa shape index (κ1) is 26.0. The summed E-state index contributed by atoms with van der Waals surface area (Å²) in [4.78, 5) is 1.66. The Morgan fingerprint density at radius 3 is 2.41 bits per heavy atom. The molecule has 1 atom stereocenters. The standard InChI is InChI=1S/C24H27F3N2O4S/c1-3-6-21(7-4-2)34(32,33)28-20-12-10-17(11-13-20)22(30)29-15-23(31,16-29)18-8-5-9-19(14-18)24(25,26)27/h3,5-14,22,28,30-31H,4,15-16H2,1-2H3/b6-3-,21-7+. The van der Waals surface area contributed by atoms with Gasteiger partial charge in [-0.05, 0) is 54.8 Å². The Labute approximate surface area is 197 Å². The second kappa shape index (κ2) is 9.91. The number of β-amino-alcohol motifs (C(OH)–C–C–N with tert-alkyl or cyclic N) is 1. The third-order valence-electron chi connectivity index (χ3n) is 5.51. The van der Waals surface area contributed by atoms with Crippen molar-refractivity contribution in [2.75, 3.05) is 17.8 Å². The van der Waals surface area contributed by atoms with Crippen LogP contribution in [-0.4, -0.2) is 36.6 Å². The lowest BCUT2D eigenvalue weighted by Gasteiger charge is -2.49. The zero-order valence-corrected chi connectivity index (χ0v) is 19.6. The van der Waals surface area contributed by atoms with Crippen molar-refractivity contribution >= 4 is 15.7 Å². The maximum absolute atomic E-state index is 13.0. The molecule has 34 heavy (non-hydrogen) atoms. The molecule has 3 N–H and O–H groups in total. The molecule has 184 valence electrons. The van der Waals surface area contributed by atoms with E-state index >= 15 is 0 Å². The molecule has 0 radical (unpaired) electrons. The van der Waals surface area contributed by atoms with Crippen molar-refractivity contribution in [3.63, 3.8) is 0 Å². The topological polar surface area (TPSA) is 89.9 Å². The summed E-state index contributed by atoms with van der Waals surface area (Å²) in [6.45, 7) is 3.44. The van der Waals surface area contributed by atoms with Gasteiger partial charge in [-0.1, -0.05) is 43.3 Å². The zero-order valence-electron chi connectivity index (χ0n) is 18.7. The van der Waals surface area contributed by atoms with Crippen molar-refractivity contribution in [1.29, 1.82) is 0 Å². The summed E-state index contributed by atoms with van der Waals surface area (Å²) in [6, 6.07) is 10.6. The molecule has 0 spiro atoms. The van der Waals surface area contributed by atoms with Gasteiger partial charge in [0.15, 0.2) is 0 Å². The number of benzene rings is 2. The van der Waals surface area contributed by atoms with E-state index in [-0.39, 0.29) is 23.6 Å². The summed E-state index contributed by atoms with van der Waals surface area (Å²) in [5, 5.41) is 21.4. The predicted molar refractivity (Wildman–Crippen MR) is 124 cm³/mol. The number of sulfonamides is 1. The van der Waals surface area contributed by atoms with Crippen molar-refractivity contribution in [2.45, 2.75) is 38.3 Å². The van der Waals surface area contributed by atoms with Crippen molar-refractivity contribution in [3.8, 4) is 0 Å². The number of rotatable bonds is 8. The van der Waals surface area contributed by atoms with E-state index in [1.54, 1.807) is 31.2 Å². The molecule has 0 amide bonds. The second-order valence-electron chi connectivity index (χ2n) is 8.13. The molecule has 1 saturated heterocycles. The third kappa shape index (κ3) is 5.69. The van der Waals surface area contributed by atoms with Crippen LogP contribution in [0.3, 0.4) is 0 Å². The van der Waals surface area contributed by atoms with Crippen LogP contribution >= 0.6 is 0 Å². The molecule has 0 aromatic heterocycles. The maximum Gasteiger partial charge on any atom is 0.416 e. The number of aliphatic hydroxyl groups excluding tert-OH is 1. The molecule has 1 heterocycles. The minimum atomic E-state index is -4.52. The van der Waals surface area contributed by atoms with Crippen molar-refractivity contribution in [3.05, 3.63) is 88.4 Å². The molecule has 2 aromatic carbocycles. The fraction of sp³-hybridized carbons (Fsp3) is 0.333. The average Bonchev–Trinajstić information content (AvgIpc) is 2.76. The Morgan fingerprint density at radius 2 is 1.85 bits per heavy atom. The highest BCUT2D eigenvalue weighted by atomic mass is 32.2. The fourth-order valence-corrected chi connectivity index (χ4v) is 5.01. The second-order valence-corrected chi connectivity index (χ2v) is 9.81. The van der Waals surface area contributed by atoms with E-state index in [0.717, 1.165) is 12.1 Å². The number of nitrogens with zero attached hydrogens (tertiary/aromatic N) is 1. The lowest BCUT2D eigenvalue weighted by atomic mass is 9.84. The molecule has 0 saturated carbocycles. The van der Waals surface area contributed by atoms with Gasteiger partial charge >= 0.3 is 6.18 Å². The Morgan fingerprint density at radius 1 is 1.21 bits per heavy atom. The number of allylic oxidation sites excluding steroid dienone is 3. The van der Waals surface area contributed by atoms with Crippen LogP contribution in [0.1, 0.15) is 43.2 Å². The van der Waals surface area contributed by atoms with Crippen LogP contribution in [0.2, 0.25) is 0 Å². The van der Waals surface area contributed by atoms with Crippen LogP contribution in [-0.2, 0) is 21.8 Å². The molecule has 6 nitrogen and oxygen atoms in total. The minimum Gasteiger partial charge on any atom is -0.382 e. The van der Waals surface area contributed by atoms with Gasteiger partial charge in [0.1, 0.15) is 11.8 Å². The number of aliphatic hydroxyl groups is 2. The summed E-state index contributed by atoms with van der Waals surface area (Å²) in [5.74, 6) is 0. The highest BCUT2D eigenvalue weighted by molar-refractivity contribution is 7.96. The Kier molecular flexibility index (Phi) is 7.56. The molecule has 1 aliphatic rings. The number of halogens is 3. The number of anilines is 1. The van der Waals surface area contributed by atoms with Gasteiger partial charge < -0.3 is 10.2 Å². The van der Waals surface area contributed by atoms with Gasteiger partial charge in [-0.15, -0.1) is 0 Å². The molecular weight excluding hydrogens is 469 g/mol. The SMILES string of the molecule is C/C=C\C(=C/CC)S(=O)(=O)Nc1ccc(C(O)N2CC(O)(c3cccc(C(F)(F)F)c3)C2)cc1. The summed E-state index contributed by atoms with van der Waals surface area (Å²) < 4.78 is 66.6. The summed E-state index contributed by atoms with van der Waals surface area (Å²) in [5.41, 5.74) is -1.46. The minimum absolute atomic E-state index is 0.0572. The predicted octanol–water partition coefficient (Wildman–Crippen LogP) is 4.51. The molecule has 10 heteroatoms. The molecular formula is C24H27F3N2O4S. The van der Waals surface area contributed by atoms with Gasteiger partial charge in [-0.2, -0.15) is 13.2 Å². The van der Waals surface area contributed by atoms with E-state index < -0.39 is 33.6 Å². The van der Waals surface area contributed by atoms with Gasteiger partial charge in [0.25, 0.3) is 10.0 Å². The lowest BCUT2D eigenvalue weighted by Crippen LogP contribution is -2.60. The van der Waals surface area contributed by atoms with Crippen LogP contribution in [0.25, 0.3) is 0 Å². The van der Waals surface area contributed by atoms with Crippen LogP contribution in [0.15, 0.2) is 71.7 Å². The Bertz CT molecular complexity index is 1170. The quantitative estimate of drug-likeness (QED) is 0.468. The van der Waals surface area contributed by atoms with Crippen molar-refractivity contribution < 1.29 is 31.8 Å². The van der Waals surface area contributed by atoms with Gasteiger partial charge in [-0.25, -0.2) is 8.42 Å². The Hall–Kier alpha value is -2.66. The fourth-order valence-electron chi connectivity index (χ4n) is 3.75. The monoisotopic (exact) mass is 496 g/mol. The highest BCUT2D eigenvalue weighted by Gasteiger charge is 2.46. The molecule has 2 aromatic rings. The van der Waals surface area contributed by atoms with E-state index in [1.807, 2.05) is 6.92 Å². The number of likely N-dealkylation sites (tertiary alicyclic amines) is 1. The summed E-state index contributed by atoms with van der Waals surface area (Å²) in [6.07, 6.45) is -0.356. The lowest BCUT2D eigenvalue weighted by molar-refractivity contribution is -0.168. The van der Waals surface area contributed by atoms with Crippen molar-refractivity contribution in [2.24, 2.45) is 0 Å². The highest BCUT2D eigenvalue weighted by Crippen LogP contribution is 2.39. The number of nitrogens with one attached hydrogen (secondary N) is 1. The first-order chi connectivity index (χ1) is 15.9. The maximum atomic E-state index is 13.0. The largest absolute Gasteiger partial charge is 0.416 e. The van der Waals surface area contributed by atoms with E-state index in [2.05, 4.69) is 4.72 Å². The van der Waals surface area contributed by atoms with E-state index in [1.165, 1.54) is 35.2 Å². The molecule has 1 fully saturated rings.